The van der Waals surface area contributed by atoms with Crippen molar-refractivity contribution in [3.8, 4) is 39.5 Å². The van der Waals surface area contributed by atoms with Gasteiger partial charge in [0.05, 0.1) is 28.8 Å². The van der Waals surface area contributed by atoms with Crippen LogP contribution in [0.2, 0.25) is 0 Å². The standard InChI is InChI=1S/C61H34N4S/c1-62-42-26-21-36(22-27-42)59-54-34-41(43-18-10-19-50-49-17-8-9-20-58(49)66-60(43)50)24-29-55(54)63-61(64-59)65-56-30-25-40(33-52(56)53-32-37-11-2-3-12-38(37)35-57(53)65)39-23-28-48-46-15-5-4-13-44(46)45-14-6-7-16-47(45)51(48)31-39/h2-35H. The Kier molecular flexibility index (Phi) is 7.88. The molecule has 0 spiro atoms. The molecule has 0 amide bonds. The van der Waals surface area contributed by atoms with Gasteiger partial charge < -0.3 is 0 Å². The van der Waals surface area contributed by atoms with E-state index in [-0.39, 0.29) is 0 Å². The first kappa shape index (κ1) is 36.8. The highest BCUT2D eigenvalue weighted by atomic mass is 32.1. The van der Waals surface area contributed by atoms with Gasteiger partial charge in [-0.15, -0.1) is 11.3 Å². The van der Waals surface area contributed by atoms with E-state index in [1.54, 1.807) is 0 Å². The van der Waals surface area contributed by atoms with Crippen molar-refractivity contribution in [3.63, 3.8) is 0 Å². The van der Waals surface area contributed by atoms with Crippen LogP contribution in [0, 0.1) is 6.57 Å². The van der Waals surface area contributed by atoms with E-state index in [4.69, 9.17) is 16.5 Å². The van der Waals surface area contributed by atoms with Gasteiger partial charge in [0, 0.05) is 36.3 Å². The molecule has 0 aliphatic rings. The van der Waals surface area contributed by atoms with E-state index >= 15 is 0 Å². The monoisotopic (exact) mass is 854 g/mol. The van der Waals surface area contributed by atoms with Gasteiger partial charge in [-0.1, -0.05) is 158 Å². The minimum absolute atomic E-state index is 0.590. The highest BCUT2D eigenvalue weighted by Gasteiger charge is 2.21. The maximum atomic E-state index is 7.68. The Morgan fingerprint density at radius 2 is 0.970 bits per heavy atom. The largest absolute Gasteiger partial charge is 0.278 e. The molecule has 14 aromatic rings. The summed E-state index contributed by atoms with van der Waals surface area (Å²) >= 11 is 1.83. The van der Waals surface area contributed by atoms with Gasteiger partial charge in [0.1, 0.15) is 0 Å². The van der Waals surface area contributed by atoms with Gasteiger partial charge in [-0.25, -0.2) is 14.8 Å². The third kappa shape index (κ3) is 5.49. The lowest BCUT2D eigenvalue weighted by molar-refractivity contribution is 1.01. The average molecular weight is 855 g/mol. The predicted octanol–water partition coefficient (Wildman–Crippen LogP) is 17.3. The summed E-state index contributed by atoms with van der Waals surface area (Å²) in [6, 6.07) is 74.1. The van der Waals surface area contributed by atoms with Crippen molar-refractivity contribution in [1.82, 2.24) is 14.5 Å². The zero-order chi connectivity index (χ0) is 43.5. The van der Waals surface area contributed by atoms with Crippen LogP contribution in [0.15, 0.2) is 206 Å². The smallest absolute Gasteiger partial charge is 0.235 e. The van der Waals surface area contributed by atoms with Crippen LogP contribution in [0.5, 0.6) is 0 Å². The minimum Gasteiger partial charge on any atom is -0.278 e. The second-order valence-corrected chi connectivity index (χ2v) is 18.2. The summed E-state index contributed by atoms with van der Waals surface area (Å²) in [6.07, 6.45) is 0. The van der Waals surface area contributed by atoms with Crippen molar-refractivity contribution >= 4 is 113 Å². The van der Waals surface area contributed by atoms with Gasteiger partial charge in [-0.3, -0.25) is 4.57 Å². The number of hydrogen-bond acceptors (Lipinski definition) is 3. The fraction of sp³-hybridized carbons (Fsp3) is 0. The molecule has 0 atom stereocenters. The fourth-order valence-electron chi connectivity index (χ4n) is 10.5. The highest BCUT2D eigenvalue weighted by molar-refractivity contribution is 7.26. The van der Waals surface area contributed by atoms with Crippen LogP contribution in [-0.2, 0) is 0 Å². The first-order valence-corrected chi connectivity index (χ1v) is 23.0. The SMILES string of the molecule is [C-]#[N+]c1ccc(-c2nc(-n3c4ccc(-c5ccc6c7ccccc7c7ccccc7c6c5)cc4c4cc5ccccc5cc43)nc3ccc(-c4cccc5c4sc4ccccc45)cc23)cc1. The molecule has 4 nitrogen and oxygen atoms in total. The van der Waals surface area contributed by atoms with Crippen LogP contribution in [0.25, 0.3) is 140 Å². The highest BCUT2D eigenvalue weighted by Crippen LogP contribution is 2.43. The molecular weight excluding hydrogens is 821 g/mol. The molecule has 304 valence electrons. The second-order valence-electron chi connectivity index (χ2n) is 17.2. The number of nitrogens with zero attached hydrogens (tertiary/aromatic N) is 4. The van der Waals surface area contributed by atoms with E-state index in [0.29, 0.717) is 11.6 Å². The molecule has 11 aromatic carbocycles. The van der Waals surface area contributed by atoms with Crippen molar-refractivity contribution in [1.29, 1.82) is 0 Å². The Labute approximate surface area is 382 Å². The molecule has 0 radical (unpaired) electrons. The number of hydrogen-bond donors (Lipinski definition) is 0. The maximum absolute atomic E-state index is 7.68. The van der Waals surface area contributed by atoms with Crippen LogP contribution in [0.1, 0.15) is 0 Å². The van der Waals surface area contributed by atoms with Gasteiger partial charge in [-0.05, 0) is 119 Å². The summed E-state index contributed by atoms with van der Waals surface area (Å²) in [5, 5.41) is 15.7. The lowest BCUT2D eigenvalue weighted by Gasteiger charge is -2.14. The normalized spacial score (nSPS) is 11.9. The molecule has 0 aliphatic carbocycles. The van der Waals surface area contributed by atoms with Gasteiger partial charge in [-0.2, -0.15) is 0 Å². The number of rotatable bonds is 4. The van der Waals surface area contributed by atoms with Crippen LogP contribution in [0.4, 0.5) is 5.69 Å². The second kappa shape index (κ2) is 14.2. The van der Waals surface area contributed by atoms with E-state index < -0.39 is 0 Å². The molecule has 0 bridgehead atoms. The number of thiophene rings is 1. The van der Waals surface area contributed by atoms with E-state index in [1.807, 2.05) is 35.6 Å². The van der Waals surface area contributed by atoms with E-state index in [0.717, 1.165) is 60.5 Å². The van der Waals surface area contributed by atoms with E-state index in [2.05, 4.69) is 191 Å². The minimum atomic E-state index is 0.590. The molecule has 0 unspecified atom stereocenters. The predicted molar refractivity (Wildman–Crippen MR) is 279 cm³/mol. The topological polar surface area (TPSA) is 35.1 Å². The van der Waals surface area contributed by atoms with Gasteiger partial charge in [0.2, 0.25) is 5.95 Å². The summed E-state index contributed by atoms with van der Waals surface area (Å²) < 4.78 is 4.78. The van der Waals surface area contributed by atoms with Crippen molar-refractivity contribution in [2.75, 3.05) is 0 Å². The summed E-state index contributed by atoms with van der Waals surface area (Å²) in [5.41, 5.74) is 9.87. The Hall–Kier alpha value is -8.69. The lowest BCUT2D eigenvalue weighted by atomic mass is 9.92. The van der Waals surface area contributed by atoms with Gasteiger partial charge in [0.25, 0.3) is 0 Å². The van der Waals surface area contributed by atoms with Crippen LogP contribution >= 0.6 is 11.3 Å². The van der Waals surface area contributed by atoms with Gasteiger partial charge in [0.15, 0.2) is 5.69 Å². The molecule has 0 saturated heterocycles. The number of fused-ring (bicyclic) bond motifs is 14. The average Bonchev–Trinajstić information content (AvgIpc) is 3.92. The first-order valence-electron chi connectivity index (χ1n) is 22.2. The molecule has 0 N–H and O–H groups in total. The van der Waals surface area contributed by atoms with Crippen LogP contribution < -0.4 is 0 Å². The van der Waals surface area contributed by atoms with Crippen molar-refractivity contribution in [3.05, 3.63) is 218 Å². The molecule has 3 aromatic heterocycles. The maximum Gasteiger partial charge on any atom is 0.235 e. The van der Waals surface area contributed by atoms with Crippen LogP contribution in [0.3, 0.4) is 0 Å². The summed E-state index contributed by atoms with van der Waals surface area (Å²) in [7, 11) is 0. The molecule has 66 heavy (non-hydrogen) atoms. The zero-order valence-electron chi connectivity index (χ0n) is 35.3. The Morgan fingerprint density at radius 1 is 0.394 bits per heavy atom. The molecule has 3 heterocycles. The van der Waals surface area contributed by atoms with Crippen LogP contribution in [-0.4, -0.2) is 14.5 Å². The zero-order valence-corrected chi connectivity index (χ0v) is 36.1. The number of benzene rings is 11. The third-order valence-corrected chi connectivity index (χ3v) is 14.8. The molecular formula is C61H34N4S. The fourth-order valence-corrected chi connectivity index (χ4v) is 11.7. The summed E-state index contributed by atoms with van der Waals surface area (Å²) in [5.74, 6) is 0.596. The molecule has 0 saturated carbocycles. The molecule has 14 rings (SSSR count). The third-order valence-electron chi connectivity index (χ3n) is 13.6. The summed E-state index contributed by atoms with van der Waals surface area (Å²) in [4.78, 5) is 14.7. The van der Waals surface area contributed by atoms with Gasteiger partial charge >= 0.3 is 0 Å². The number of aromatic nitrogens is 3. The quantitative estimate of drug-likeness (QED) is 0.131. The Balaban J connectivity index is 1.000. The lowest BCUT2D eigenvalue weighted by Crippen LogP contribution is -2.03. The van der Waals surface area contributed by atoms with Crippen molar-refractivity contribution in [2.24, 2.45) is 0 Å². The molecule has 5 heteroatoms. The molecule has 0 aliphatic heterocycles. The van der Waals surface area contributed by atoms with E-state index in [9.17, 15) is 0 Å². The first-order chi connectivity index (χ1) is 32.6. The summed E-state index contributed by atoms with van der Waals surface area (Å²) in [6.45, 7) is 7.68. The van der Waals surface area contributed by atoms with Crippen molar-refractivity contribution in [2.45, 2.75) is 0 Å². The Bertz CT molecular complexity index is 4380. The Morgan fingerprint density at radius 3 is 1.73 bits per heavy atom. The van der Waals surface area contributed by atoms with Crippen molar-refractivity contribution < 1.29 is 0 Å². The van der Waals surface area contributed by atoms with E-state index in [1.165, 1.54) is 69.0 Å². The molecule has 0 fully saturated rings.